The van der Waals surface area contributed by atoms with E-state index in [2.05, 4.69) is 0 Å². The van der Waals surface area contributed by atoms with E-state index in [4.69, 9.17) is 8.62 Å². The fourth-order valence-electron chi connectivity index (χ4n) is 0.840. The summed E-state index contributed by atoms with van der Waals surface area (Å²) < 4.78 is 22.4. The first-order valence-electron chi connectivity index (χ1n) is 4.69. The molecule has 0 saturated carbocycles. The van der Waals surface area contributed by atoms with Crippen molar-refractivity contribution in [3.05, 3.63) is 0 Å². The van der Waals surface area contributed by atoms with E-state index in [1.165, 1.54) is 0 Å². The van der Waals surface area contributed by atoms with Crippen LogP contribution in [0.3, 0.4) is 0 Å². The third-order valence-electron chi connectivity index (χ3n) is 0.860. The van der Waals surface area contributed by atoms with Crippen molar-refractivity contribution in [3.8, 4) is 0 Å². The molecule has 0 aromatic carbocycles. The number of hydrogen-bond acceptors (Lipinski definition) is 3. The van der Waals surface area contributed by atoms with E-state index < -0.39 is 21.5 Å². The van der Waals surface area contributed by atoms with Crippen molar-refractivity contribution in [1.82, 2.24) is 0 Å². The van der Waals surface area contributed by atoms with E-state index in [-0.39, 0.29) is 0 Å². The van der Waals surface area contributed by atoms with E-state index in [9.17, 15) is 9.46 Å². The normalized spacial score (nSPS) is 23.3. The molecular weight excluding hydrogens is 253 g/mol. The van der Waals surface area contributed by atoms with Gasteiger partial charge in [0.25, 0.3) is 0 Å². The third-order valence-corrected chi connectivity index (χ3v) is 7.74. The van der Waals surface area contributed by atoms with Crippen molar-refractivity contribution in [2.75, 3.05) is 53.3 Å². The van der Waals surface area contributed by atoms with Gasteiger partial charge in [0.2, 0.25) is 0 Å². The second-order valence-electron chi connectivity index (χ2n) is 7.46. The molecule has 0 amide bonds. The van der Waals surface area contributed by atoms with E-state index in [1.54, 1.807) is 0 Å². The first kappa shape index (κ1) is 16.0. The maximum absolute atomic E-state index is 11.8. The van der Waals surface area contributed by atoms with Gasteiger partial charge < -0.3 is 0 Å². The van der Waals surface area contributed by atoms with Crippen LogP contribution >= 0.6 is 21.5 Å². The molecule has 0 heterocycles. The molecule has 0 aromatic heterocycles. The number of rotatable bonds is 4. The fourth-order valence-corrected chi connectivity index (χ4v) is 7.83. The first-order chi connectivity index (χ1) is 5.92. The van der Waals surface area contributed by atoms with Gasteiger partial charge in [-0.3, -0.25) is 0 Å². The van der Waals surface area contributed by atoms with Crippen LogP contribution in [0.15, 0.2) is 0 Å². The van der Waals surface area contributed by atoms with Gasteiger partial charge in [-0.15, -0.1) is 0 Å². The fraction of sp³-hybridized carbons (Fsp3) is 1.00. The van der Waals surface area contributed by atoms with Crippen molar-refractivity contribution in [2.45, 2.75) is 0 Å². The molecule has 15 heavy (non-hydrogen) atoms. The standard InChI is InChI=1S/C8H25O4P3/c1-14(2,3,4)11-13(9,10)12-15(5,6,7)8/h1-8H3,(H,9,10). The van der Waals surface area contributed by atoms with Crippen molar-refractivity contribution < 1.29 is 18.1 Å². The average molecular weight is 278 g/mol. The molecule has 0 aromatic rings. The molecule has 1 N–H and O–H groups in total. The second-order valence-corrected chi connectivity index (χ2v) is 23.4. The van der Waals surface area contributed by atoms with Crippen LogP contribution in [0.25, 0.3) is 0 Å². The Balaban J connectivity index is 4.85. The van der Waals surface area contributed by atoms with Crippen molar-refractivity contribution in [1.29, 1.82) is 0 Å². The molecule has 4 nitrogen and oxygen atoms in total. The SMILES string of the molecule is CP(C)(C)(C)OP(=O)(O)OP(C)(C)(C)C. The van der Waals surface area contributed by atoms with Gasteiger partial charge in [-0.2, -0.15) is 0 Å². The Bertz CT molecular complexity index is 261. The zero-order valence-corrected chi connectivity index (χ0v) is 13.7. The van der Waals surface area contributed by atoms with Crippen LogP contribution < -0.4 is 0 Å². The summed E-state index contributed by atoms with van der Waals surface area (Å²) in [7, 11) is -3.95. The van der Waals surface area contributed by atoms with Gasteiger partial charge in [0.05, 0.1) is 0 Å². The van der Waals surface area contributed by atoms with E-state index >= 15 is 0 Å². The molecule has 0 saturated heterocycles. The molecule has 0 aliphatic carbocycles. The van der Waals surface area contributed by atoms with E-state index in [0.29, 0.717) is 0 Å². The Hall–Kier alpha value is 0.970. The molecule has 0 radical (unpaired) electrons. The molecule has 0 aliphatic heterocycles. The third kappa shape index (κ3) is 11.2. The molecule has 0 fully saturated rings. The van der Waals surface area contributed by atoms with Crippen molar-refractivity contribution in [3.63, 3.8) is 0 Å². The Kier molecular flexibility index (Phi) is 3.71. The van der Waals surface area contributed by atoms with Gasteiger partial charge in [0.15, 0.2) is 0 Å². The molecular formula is C8H25O4P3. The second kappa shape index (κ2) is 3.48. The molecule has 7 heteroatoms. The summed E-state index contributed by atoms with van der Waals surface area (Å²) in [6, 6.07) is 0. The molecule has 96 valence electrons. The first-order valence-corrected chi connectivity index (χ1v) is 14.1. The summed E-state index contributed by atoms with van der Waals surface area (Å²) in [5.41, 5.74) is 0. The zero-order chi connectivity index (χ0) is 12.8. The van der Waals surface area contributed by atoms with Gasteiger partial charge in [-0.05, 0) is 0 Å². The minimum atomic E-state index is -3.95. The zero-order valence-electron chi connectivity index (χ0n) is 11.0. The molecule has 0 spiro atoms. The molecule has 0 aliphatic rings. The van der Waals surface area contributed by atoms with Crippen LogP contribution in [0.4, 0.5) is 0 Å². The van der Waals surface area contributed by atoms with Crippen LogP contribution in [0.1, 0.15) is 0 Å². The quantitative estimate of drug-likeness (QED) is 0.803. The summed E-state index contributed by atoms with van der Waals surface area (Å²) in [4.78, 5) is 9.69. The number of phosphoric acid groups is 1. The molecule has 0 rings (SSSR count). The topological polar surface area (TPSA) is 55.8 Å². The van der Waals surface area contributed by atoms with Crippen molar-refractivity contribution in [2.24, 2.45) is 0 Å². The van der Waals surface area contributed by atoms with Crippen molar-refractivity contribution >= 4 is 21.5 Å². The summed E-state index contributed by atoms with van der Waals surface area (Å²) in [5, 5.41) is 0. The molecule has 0 bridgehead atoms. The Morgan fingerprint density at radius 1 is 0.800 bits per heavy atom. The van der Waals surface area contributed by atoms with Gasteiger partial charge >= 0.3 is 92.9 Å². The van der Waals surface area contributed by atoms with E-state index in [1.807, 2.05) is 53.3 Å². The Morgan fingerprint density at radius 3 is 1.13 bits per heavy atom. The molecule has 0 unspecified atom stereocenters. The maximum atomic E-state index is 11.8. The Morgan fingerprint density at radius 2 is 1.00 bits per heavy atom. The summed E-state index contributed by atoms with van der Waals surface area (Å²) in [5.74, 6) is 0. The predicted octanol–water partition coefficient (Wildman–Crippen LogP) is 3.10. The van der Waals surface area contributed by atoms with Crippen LogP contribution in [-0.4, -0.2) is 58.2 Å². The minimum absolute atomic E-state index is 1.86. The molecule has 0 atom stereocenters. The van der Waals surface area contributed by atoms with Gasteiger partial charge in [0.1, 0.15) is 0 Å². The summed E-state index contributed by atoms with van der Waals surface area (Å²) >= 11 is 0. The van der Waals surface area contributed by atoms with Crippen LogP contribution in [0, 0.1) is 0 Å². The summed E-state index contributed by atoms with van der Waals surface area (Å²) in [6.45, 7) is 9.91. The monoisotopic (exact) mass is 278 g/mol. The van der Waals surface area contributed by atoms with Crippen LogP contribution in [-0.2, 0) is 13.2 Å². The average Bonchev–Trinajstić information content (AvgIpc) is 1.36. The van der Waals surface area contributed by atoms with Gasteiger partial charge in [0, 0.05) is 0 Å². The predicted molar refractivity (Wildman–Crippen MR) is 73.2 cm³/mol. The van der Waals surface area contributed by atoms with Crippen LogP contribution in [0.2, 0.25) is 0 Å². The summed E-state index contributed by atoms with van der Waals surface area (Å²) in [6.07, 6.45) is 0. The number of hydrogen-bond donors (Lipinski definition) is 1. The van der Waals surface area contributed by atoms with E-state index in [0.717, 1.165) is 0 Å². The Labute approximate surface area is 93.4 Å². The van der Waals surface area contributed by atoms with Gasteiger partial charge in [-0.25, -0.2) is 0 Å². The van der Waals surface area contributed by atoms with Crippen LogP contribution in [0.5, 0.6) is 0 Å². The van der Waals surface area contributed by atoms with Gasteiger partial charge in [-0.1, -0.05) is 0 Å².